The van der Waals surface area contributed by atoms with Crippen molar-refractivity contribution in [2.45, 2.75) is 44.6 Å². The van der Waals surface area contributed by atoms with Gasteiger partial charge in [-0.15, -0.1) is 5.10 Å². The first-order valence-electron chi connectivity index (χ1n) is 10.4. The molecule has 1 N–H and O–H groups in total. The van der Waals surface area contributed by atoms with Crippen molar-refractivity contribution in [1.29, 1.82) is 0 Å². The van der Waals surface area contributed by atoms with E-state index in [1.807, 2.05) is 12.1 Å². The van der Waals surface area contributed by atoms with Gasteiger partial charge in [0.05, 0.1) is 13.3 Å². The van der Waals surface area contributed by atoms with Crippen LogP contribution in [0.15, 0.2) is 30.5 Å². The number of nitrogens with zero attached hydrogens (tertiary/aromatic N) is 5. The first-order valence-corrected chi connectivity index (χ1v) is 10.4. The molecule has 28 heavy (non-hydrogen) atoms. The highest BCUT2D eigenvalue weighted by Gasteiger charge is 2.20. The van der Waals surface area contributed by atoms with Gasteiger partial charge < -0.3 is 19.9 Å². The summed E-state index contributed by atoms with van der Waals surface area (Å²) < 4.78 is 5.25. The number of anilines is 3. The minimum Gasteiger partial charge on any atom is -0.497 e. The average molecular weight is 383 g/mol. The van der Waals surface area contributed by atoms with Crippen molar-refractivity contribution < 1.29 is 4.74 Å². The molecular formula is C21H30N6O. The Morgan fingerprint density at radius 1 is 0.929 bits per heavy atom. The molecule has 1 saturated heterocycles. The quantitative estimate of drug-likeness (QED) is 0.796. The van der Waals surface area contributed by atoms with Gasteiger partial charge in [0.15, 0.2) is 5.82 Å². The van der Waals surface area contributed by atoms with Gasteiger partial charge in [0.25, 0.3) is 0 Å². The minimum absolute atomic E-state index is 0.513. The van der Waals surface area contributed by atoms with Crippen molar-refractivity contribution >= 4 is 17.5 Å². The number of ether oxygens (including phenoxy) is 1. The second-order valence-corrected chi connectivity index (χ2v) is 7.65. The Kier molecular flexibility index (Phi) is 6.09. The zero-order valence-corrected chi connectivity index (χ0v) is 16.7. The van der Waals surface area contributed by atoms with E-state index in [1.165, 1.54) is 44.2 Å². The lowest BCUT2D eigenvalue weighted by Crippen LogP contribution is -2.47. The Balaban J connectivity index is 1.35. The van der Waals surface area contributed by atoms with Crippen LogP contribution in [0, 0.1) is 0 Å². The summed E-state index contributed by atoms with van der Waals surface area (Å²) in [7, 11) is 1.70. The van der Waals surface area contributed by atoms with E-state index >= 15 is 0 Å². The maximum absolute atomic E-state index is 5.25. The summed E-state index contributed by atoms with van der Waals surface area (Å²) in [5.74, 6) is 2.47. The van der Waals surface area contributed by atoms with E-state index in [4.69, 9.17) is 9.72 Å². The molecule has 1 aromatic heterocycles. The Morgan fingerprint density at radius 2 is 1.61 bits per heavy atom. The van der Waals surface area contributed by atoms with Crippen LogP contribution in [0.1, 0.15) is 38.5 Å². The van der Waals surface area contributed by atoms with Gasteiger partial charge in [0, 0.05) is 37.9 Å². The first-order chi connectivity index (χ1) is 13.8. The maximum atomic E-state index is 5.25. The maximum Gasteiger partial charge on any atom is 0.247 e. The third-order valence-corrected chi connectivity index (χ3v) is 5.75. The smallest absolute Gasteiger partial charge is 0.247 e. The molecule has 4 rings (SSSR count). The summed E-state index contributed by atoms with van der Waals surface area (Å²) in [5.41, 5.74) is 1.23. The molecular weight excluding hydrogens is 352 g/mol. The van der Waals surface area contributed by atoms with E-state index in [9.17, 15) is 0 Å². The van der Waals surface area contributed by atoms with Gasteiger partial charge in [-0.1, -0.05) is 25.7 Å². The number of nitrogens with one attached hydrogen (secondary N) is 1. The monoisotopic (exact) mass is 382 g/mol. The molecule has 0 spiro atoms. The van der Waals surface area contributed by atoms with Crippen LogP contribution in [0.3, 0.4) is 0 Å². The Hall–Kier alpha value is -2.57. The molecule has 0 atom stereocenters. The highest BCUT2D eigenvalue weighted by Crippen LogP contribution is 2.23. The van der Waals surface area contributed by atoms with Crippen LogP contribution < -0.4 is 19.9 Å². The highest BCUT2D eigenvalue weighted by molar-refractivity contribution is 5.51. The van der Waals surface area contributed by atoms with Crippen LogP contribution >= 0.6 is 0 Å². The first kappa shape index (κ1) is 18.8. The van der Waals surface area contributed by atoms with E-state index in [-0.39, 0.29) is 0 Å². The second-order valence-electron chi connectivity index (χ2n) is 7.65. The van der Waals surface area contributed by atoms with E-state index in [2.05, 4.69) is 37.4 Å². The van der Waals surface area contributed by atoms with Gasteiger partial charge in [-0.2, -0.15) is 10.1 Å². The molecule has 7 nitrogen and oxygen atoms in total. The number of aromatic nitrogens is 3. The topological polar surface area (TPSA) is 66.4 Å². The number of hydrogen-bond acceptors (Lipinski definition) is 7. The van der Waals surface area contributed by atoms with Crippen molar-refractivity contribution in [2.75, 3.05) is 48.4 Å². The van der Waals surface area contributed by atoms with Crippen LogP contribution in [0.4, 0.5) is 17.5 Å². The van der Waals surface area contributed by atoms with Crippen LogP contribution in [0.5, 0.6) is 5.75 Å². The summed E-state index contributed by atoms with van der Waals surface area (Å²) in [6.45, 7) is 3.66. The van der Waals surface area contributed by atoms with Crippen molar-refractivity contribution in [2.24, 2.45) is 0 Å². The predicted molar refractivity (Wildman–Crippen MR) is 112 cm³/mol. The van der Waals surface area contributed by atoms with Crippen LogP contribution in [-0.4, -0.2) is 54.5 Å². The number of piperazine rings is 1. The molecule has 1 aliphatic carbocycles. The van der Waals surface area contributed by atoms with Crippen LogP contribution in [0.25, 0.3) is 0 Å². The van der Waals surface area contributed by atoms with Gasteiger partial charge in [-0.25, -0.2) is 0 Å². The average Bonchev–Trinajstić information content (AvgIpc) is 3.03. The van der Waals surface area contributed by atoms with E-state index in [0.717, 1.165) is 43.7 Å². The molecule has 2 fully saturated rings. The zero-order valence-electron chi connectivity index (χ0n) is 16.7. The third kappa shape index (κ3) is 4.64. The fourth-order valence-corrected chi connectivity index (χ4v) is 4.09. The Bertz CT molecular complexity index is 737. The fraction of sp³-hybridized carbons (Fsp3) is 0.571. The Morgan fingerprint density at radius 3 is 2.29 bits per heavy atom. The molecule has 7 heteroatoms. The Labute approximate surface area is 167 Å². The van der Waals surface area contributed by atoms with E-state index < -0.39 is 0 Å². The molecule has 150 valence electrons. The van der Waals surface area contributed by atoms with Gasteiger partial charge in [0.1, 0.15) is 5.75 Å². The lowest BCUT2D eigenvalue weighted by molar-refractivity contribution is 0.415. The standard InChI is InChI=1S/C21H30N6O/c1-28-19-10-8-18(9-11-19)26-12-14-27(15-13-26)21-24-20(16-22-25-21)23-17-6-4-2-3-5-7-17/h8-11,16-17H,2-7,12-15H2,1H3,(H,23,24,25). The van der Waals surface area contributed by atoms with Crippen LogP contribution in [0.2, 0.25) is 0 Å². The SMILES string of the molecule is COc1ccc(N2CCN(c3nncc(NC4CCCCCC4)n3)CC2)cc1. The lowest BCUT2D eigenvalue weighted by Gasteiger charge is -2.36. The highest BCUT2D eigenvalue weighted by atomic mass is 16.5. The largest absolute Gasteiger partial charge is 0.497 e. The molecule has 0 unspecified atom stereocenters. The summed E-state index contributed by atoms with van der Waals surface area (Å²) in [6.07, 6.45) is 9.50. The van der Waals surface area contributed by atoms with E-state index in [0.29, 0.717) is 6.04 Å². The number of methoxy groups -OCH3 is 1. The molecule has 1 saturated carbocycles. The summed E-state index contributed by atoms with van der Waals surface area (Å²) in [4.78, 5) is 9.36. The molecule has 1 aliphatic heterocycles. The zero-order chi connectivity index (χ0) is 19.2. The van der Waals surface area contributed by atoms with Crippen molar-refractivity contribution in [3.63, 3.8) is 0 Å². The summed E-state index contributed by atoms with van der Waals surface area (Å²) in [5, 5.41) is 12.1. The van der Waals surface area contributed by atoms with Crippen molar-refractivity contribution in [3.8, 4) is 5.75 Å². The van der Waals surface area contributed by atoms with E-state index in [1.54, 1.807) is 13.3 Å². The lowest BCUT2D eigenvalue weighted by atomic mass is 10.1. The molecule has 0 bridgehead atoms. The minimum atomic E-state index is 0.513. The fourth-order valence-electron chi connectivity index (χ4n) is 4.09. The number of rotatable bonds is 5. The predicted octanol–water partition coefficient (Wildman–Crippen LogP) is 3.34. The molecule has 1 aromatic carbocycles. The normalized spacial score (nSPS) is 18.6. The van der Waals surface area contributed by atoms with Crippen molar-refractivity contribution in [3.05, 3.63) is 30.5 Å². The van der Waals surface area contributed by atoms with Gasteiger partial charge in [0.2, 0.25) is 5.95 Å². The summed E-state index contributed by atoms with van der Waals surface area (Å²) in [6, 6.07) is 8.77. The van der Waals surface area contributed by atoms with Gasteiger partial charge in [-0.05, 0) is 37.1 Å². The number of hydrogen-bond donors (Lipinski definition) is 1. The molecule has 0 amide bonds. The second kappa shape index (κ2) is 9.08. The molecule has 0 radical (unpaired) electrons. The summed E-state index contributed by atoms with van der Waals surface area (Å²) >= 11 is 0. The van der Waals surface area contributed by atoms with Gasteiger partial charge >= 0.3 is 0 Å². The van der Waals surface area contributed by atoms with Gasteiger partial charge in [-0.3, -0.25) is 0 Å². The molecule has 2 aliphatic rings. The number of benzene rings is 1. The third-order valence-electron chi connectivity index (χ3n) is 5.75. The van der Waals surface area contributed by atoms with Crippen molar-refractivity contribution in [1.82, 2.24) is 15.2 Å². The molecule has 2 aromatic rings. The molecule has 2 heterocycles. The van der Waals surface area contributed by atoms with Crippen LogP contribution in [-0.2, 0) is 0 Å².